The summed E-state index contributed by atoms with van der Waals surface area (Å²) >= 11 is 7.37. The summed E-state index contributed by atoms with van der Waals surface area (Å²) in [6, 6.07) is 5.18. The van der Waals surface area contributed by atoms with Crippen LogP contribution in [0.15, 0.2) is 28.5 Å². The van der Waals surface area contributed by atoms with E-state index in [0.29, 0.717) is 21.2 Å². The normalized spacial score (nSPS) is 11.6. The molecular formula is C13H15ClN2O2S2. The largest absolute Gasteiger partial charge is 0.326 e. The summed E-state index contributed by atoms with van der Waals surface area (Å²) in [6.07, 6.45) is 0. The third-order valence-corrected chi connectivity index (χ3v) is 5.99. The predicted octanol–water partition coefficient (Wildman–Crippen LogP) is 3.28. The Bertz CT molecular complexity index is 739. The molecule has 0 spiro atoms. The molecule has 0 unspecified atom stereocenters. The van der Waals surface area contributed by atoms with E-state index in [1.165, 1.54) is 11.3 Å². The second kappa shape index (κ2) is 5.73. The molecule has 0 amide bonds. The van der Waals surface area contributed by atoms with Gasteiger partial charge in [-0.05, 0) is 42.5 Å². The lowest BCUT2D eigenvalue weighted by Crippen LogP contribution is -2.16. The molecule has 2 rings (SSSR count). The average Bonchev–Trinajstić information content (AvgIpc) is 2.75. The minimum atomic E-state index is -3.69. The van der Waals surface area contributed by atoms with Crippen molar-refractivity contribution in [3.8, 4) is 0 Å². The van der Waals surface area contributed by atoms with Crippen LogP contribution in [0, 0.1) is 13.8 Å². The number of hydrogen-bond acceptors (Lipinski definition) is 4. The molecule has 0 bridgehead atoms. The molecule has 108 valence electrons. The van der Waals surface area contributed by atoms with Crippen molar-refractivity contribution in [1.82, 2.24) is 0 Å². The highest BCUT2D eigenvalue weighted by Gasteiger charge is 2.23. The van der Waals surface area contributed by atoms with E-state index in [1.807, 2.05) is 13.0 Å². The molecule has 0 saturated carbocycles. The molecule has 3 N–H and O–H groups in total. The second-order valence-corrected chi connectivity index (χ2v) is 7.45. The molecule has 1 aromatic heterocycles. The number of aryl methyl sites for hydroxylation is 2. The molecule has 0 saturated heterocycles. The van der Waals surface area contributed by atoms with E-state index >= 15 is 0 Å². The summed E-state index contributed by atoms with van der Waals surface area (Å²) in [7, 11) is -3.69. The van der Waals surface area contributed by atoms with Gasteiger partial charge in [0, 0.05) is 11.4 Å². The SMILES string of the molecule is Cc1ccc(Cl)c(NS(=O)(=O)c2c(C)csc2CN)c1. The van der Waals surface area contributed by atoms with Gasteiger partial charge in [-0.25, -0.2) is 8.42 Å². The number of hydrogen-bond donors (Lipinski definition) is 2. The number of benzene rings is 1. The Balaban J connectivity index is 2.46. The zero-order chi connectivity index (χ0) is 14.9. The van der Waals surface area contributed by atoms with Crippen LogP contribution in [0.25, 0.3) is 0 Å². The van der Waals surface area contributed by atoms with Gasteiger partial charge in [0.2, 0.25) is 0 Å². The fourth-order valence-electron chi connectivity index (χ4n) is 1.90. The number of rotatable bonds is 4. The molecule has 1 aromatic carbocycles. The van der Waals surface area contributed by atoms with Gasteiger partial charge in [0.1, 0.15) is 4.90 Å². The highest BCUT2D eigenvalue weighted by molar-refractivity contribution is 7.93. The molecule has 0 aliphatic carbocycles. The predicted molar refractivity (Wildman–Crippen MR) is 83.9 cm³/mol. The maximum atomic E-state index is 12.5. The van der Waals surface area contributed by atoms with Crippen LogP contribution in [-0.2, 0) is 16.6 Å². The van der Waals surface area contributed by atoms with E-state index in [2.05, 4.69) is 4.72 Å². The zero-order valence-electron chi connectivity index (χ0n) is 11.1. The Morgan fingerprint density at radius 1 is 1.35 bits per heavy atom. The summed E-state index contributed by atoms with van der Waals surface area (Å²) < 4.78 is 27.6. The average molecular weight is 331 g/mol. The number of anilines is 1. The minimum Gasteiger partial charge on any atom is -0.326 e. The third kappa shape index (κ3) is 2.98. The second-order valence-electron chi connectivity index (χ2n) is 4.46. The van der Waals surface area contributed by atoms with Crippen LogP contribution in [-0.4, -0.2) is 8.42 Å². The Kier molecular flexibility index (Phi) is 4.39. The molecule has 4 nitrogen and oxygen atoms in total. The van der Waals surface area contributed by atoms with E-state index in [1.54, 1.807) is 24.4 Å². The van der Waals surface area contributed by atoms with E-state index < -0.39 is 10.0 Å². The lowest BCUT2D eigenvalue weighted by molar-refractivity contribution is 0.600. The number of thiophene rings is 1. The van der Waals surface area contributed by atoms with Gasteiger partial charge in [0.05, 0.1) is 10.7 Å². The Labute approximate surface area is 127 Å². The van der Waals surface area contributed by atoms with Gasteiger partial charge in [0.15, 0.2) is 0 Å². The van der Waals surface area contributed by atoms with Crippen LogP contribution >= 0.6 is 22.9 Å². The molecule has 0 aliphatic heterocycles. The van der Waals surface area contributed by atoms with E-state index in [4.69, 9.17) is 17.3 Å². The summed E-state index contributed by atoms with van der Waals surface area (Å²) in [5.41, 5.74) is 7.59. The van der Waals surface area contributed by atoms with Gasteiger partial charge in [-0.15, -0.1) is 11.3 Å². The van der Waals surface area contributed by atoms with Gasteiger partial charge in [0.25, 0.3) is 10.0 Å². The lowest BCUT2D eigenvalue weighted by Gasteiger charge is -2.11. The van der Waals surface area contributed by atoms with Crippen LogP contribution in [0.4, 0.5) is 5.69 Å². The van der Waals surface area contributed by atoms with Gasteiger partial charge in [-0.2, -0.15) is 0 Å². The fraction of sp³-hybridized carbons (Fsp3) is 0.231. The minimum absolute atomic E-state index is 0.191. The molecule has 0 fully saturated rings. The van der Waals surface area contributed by atoms with Crippen molar-refractivity contribution in [2.75, 3.05) is 4.72 Å². The van der Waals surface area contributed by atoms with E-state index in [-0.39, 0.29) is 11.4 Å². The topological polar surface area (TPSA) is 72.2 Å². The number of nitrogens with two attached hydrogens (primary N) is 1. The molecule has 0 atom stereocenters. The summed E-state index contributed by atoms with van der Waals surface area (Å²) in [5.74, 6) is 0. The van der Waals surface area contributed by atoms with Crippen molar-refractivity contribution in [3.05, 3.63) is 44.6 Å². The standard InChI is InChI=1S/C13H15ClN2O2S2/c1-8-3-4-10(14)11(5-8)16-20(17,18)13-9(2)7-19-12(13)6-15/h3-5,7,16H,6,15H2,1-2H3. The fourth-order valence-corrected chi connectivity index (χ4v) is 4.90. The molecule has 7 heteroatoms. The van der Waals surface area contributed by atoms with Crippen molar-refractivity contribution in [2.24, 2.45) is 5.73 Å². The van der Waals surface area contributed by atoms with Crippen molar-refractivity contribution in [3.63, 3.8) is 0 Å². The smallest absolute Gasteiger partial charge is 0.263 e. The van der Waals surface area contributed by atoms with Crippen molar-refractivity contribution in [1.29, 1.82) is 0 Å². The maximum absolute atomic E-state index is 12.5. The number of halogens is 1. The first-order valence-electron chi connectivity index (χ1n) is 5.91. The quantitative estimate of drug-likeness (QED) is 0.903. The Morgan fingerprint density at radius 3 is 2.70 bits per heavy atom. The van der Waals surface area contributed by atoms with Gasteiger partial charge in [-0.3, -0.25) is 4.72 Å². The van der Waals surface area contributed by atoms with Gasteiger partial charge >= 0.3 is 0 Å². The molecule has 0 radical (unpaired) electrons. The first-order chi connectivity index (χ1) is 9.35. The molecule has 2 aromatic rings. The summed E-state index contributed by atoms with van der Waals surface area (Å²) in [6.45, 7) is 3.81. The Morgan fingerprint density at radius 2 is 2.05 bits per heavy atom. The number of nitrogens with one attached hydrogen (secondary N) is 1. The summed E-state index contributed by atoms with van der Waals surface area (Å²) in [4.78, 5) is 0.890. The highest BCUT2D eigenvalue weighted by Crippen LogP contribution is 2.30. The monoisotopic (exact) mass is 330 g/mol. The van der Waals surface area contributed by atoms with Crippen molar-refractivity contribution >= 4 is 38.6 Å². The summed E-state index contributed by atoms with van der Waals surface area (Å²) in [5, 5.41) is 2.15. The lowest BCUT2D eigenvalue weighted by atomic mass is 10.2. The third-order valence-electron chi connectivity index (χ3n) is 2.81. The van der Waals surface area contributed by atoms with E-state index in [9.17, 15) is 8.42 Å². The van der Waals surface area contributed by atoms with E-state index in [0.717, 1.165) is 5.56 Å². The Hall–Kier alpha value is -1.08. The van der Waals surface area contributed by atoms with Crippen molar-refractivity contribution < 1.29 is 8.42 Å². The zero-order valence-corrected chi connectivity index (χ0v) is 13.5. The molecule has 0 aliphatic rings. The van der Waals surface area contributed by atoms with Gasteiger partial charge < -0.3 is 5.73 Å². The van der Waals surface area contributed by atoms with Crippen molar-refractivity contribution in [2.45, 2.75) is 25.3 Å². The first kappa shape index (κ1) is 15.3. The molecule has 1 heterocycles. The van der Waals surface area contributed by atoms with Crippen LogP contribution in [0.1, 0.15) is 16.0 Å². The highest BCUT2D eigenvalue weighted by atomic mass is 35.5. The maximum Gasteiger partial charge on any atom is 0.263 e. The van der Waals surface area contributed by atoms with Crippen LogP contribution in [0.3, 0.4) is 0 Å². The molecular weight excluding hydrogens is 316 g/mol. The van der Waals surface area contributed by atoms with Gasteiger partial charge in [-0.1, -0.05) is 17.7 Å². The van der Waals surface area contributed by atoms with Crippen LogP contribution in [0.2, 0.25) is 5.02 Å². The van der Waals surface area contributed by atoms with Crippen LogP contribution in [0.5, 0.6) is 0 Å². The first-order valence-corrected chi connectivity index (χ1v) is 8.65. The number of sulfonamides is 1. The molecule has 20 heavy (non-hydrogen) atoms. The van der Waals surface area contributed by atoms with Crippen LogP contribution < -0.4 is 10.5 Å².